The highest BCUT2D eigenvalue weighted by molar-refractivity contribution is 5.83. The van der Waals surface area contributed by atoms with E-state index in [9.17, 15) is 91.3 Å². The summed E-state index contributed by atoms with van der Waals surface area (Å²) >= 11 is 0. The summed E-state index contributed by atoms with van der Waals surface area (Å²) in [5.41, 5.74) is -1.77. The Bertz CT molecular complexity index is 2770. The third-order valence-electron chi connectivity index (χ3n) is 24.1. The molecule has 0 amide bonds. The van der Waals surface area contributed by atoms with Gasteiger partial charge in [0.1, 0.15) is 146 Å². The summed E-state index contributed by atoms with van der Waals surface area (Å²) in [6.45, 7) is 7.75. The van der Waals surface area contributed by atoms with E-state index in [1.807, 2.05) is 20.8 Å². The number of methoxy groups -OCH3 is 2. The summed E-state index contributed by atoms with van der Waals surface area (Å²) in [6.07, 6.45) is -43.3. The Kier molecular flexibility index (Phi) is 24.5. The average molecular weight is 1440 g/mol. The van der Waals surface area contributed by atoms with Gasteiger partial charge in [0, 0.05) is 32.0 Å². The Hall–Kier alpha value is -2.68. The van der Waals surface area contributed by atoms with Crippen molar-refractivity contribution in [2.24, 2.45) is 45.8 Å². The molecule has 16 N–H and O–H groups in total. The maximum atomic E-state index is 14.7. The standard InChI is InChI=1S/C66H106O34/c1-25(2)17-26(89-62(83)84)18-65(6)37-14-15-64(5)30-11-10-29-27(28(30)13-16-66(37,64)61(82)100-65)9-12-38(63(29,3)4)95-60-54(42(75)36(24-88-60)94-57-48(81)53(41(74)34(21-69)90-57)98-59-47(80)52(86-8)40(73)33(20-68)92-59)99-56-44(77)43(76)50(35(22-70)93-56)97-55-45(78)49(31(71)23-87-55)96-58-46(79)51(85-7)39(72)32(19-67)91-58/h11,25-29,31-60,67-81H,9-10,12-24H2,1-8H3,(H,83,84)/t26-,27?,28?,29?,31+,32+,33+,34+,35+,36+,37?,38?,39+,40+,41+,42-,43+,44+,45+,46+,47+,48+,49-,50+,51-,52-,53-,54+,55-,56-,57-,58-,59-,60-,64-,65-,66?/m0/s1. The molecule has 34 nitrogen and oxygen atoms in total. The average Bonchev–Trinajstić information content (AvgIpc) is 1.49. The molecule has 34 heteroatoms. The molecule has 0 aromatic heterocycles. The van der Waals surface area contributed by atoms with Crippen LogP contribution in [0.4, 0.5) is 4.79 Å². The first kappa shape index (κ1) is 78.4. The van der Waals surface area contributed by atoms with Gasteiger partial charge in [0.05, 0.1) is 51.2 Å². The van der Waals surface area contributed by atoms with E-state index in [1.54, 1.807) is 0 Å². The highest BCUT2D eigenvalue weighted by Gasteiger charge is 2.76. The van der Waals surface area contributed by atoms with Crippen LogP contribution >= 0.6 is 0 Å². The van der Waals surface area contributed by atoms with Gasteiger partial charge in [-0.05, 0) is 87.4 Å². The summed E-state index contributed by atoms with van der Waals surface area (Å²) in [4.78, 5) is 26.6. The number of aliphatic hydroxyl groups excluding tert-OH is 15. The molecular weight excluding hydrogens is 1340 g/mol. The number of esters is 1. The Morgan fingerprint density at radius 3 is 1.65 bits per heavy atom. The number of carbonyl (C=O) groups is 2. The van der Waals surface area contributed by atoms with E-state index in [-0.39, 0.29) is 42.0 Å². The molecule has 0 radical (unpaired) electrons. The predicted molar refractivity (Wildman–Crippen MR) is 330 cm³/mol. The van der Waals surface area contributed by atoms with E-state index in [1.165, 1.54) is 19.8 Å². The lowest BCUT2D eigenvalue weighted by Gasteiger charge is -2.59. The zero-order valence-electron chi connectivity index (χ0n) is 57.4. The van der Waals surface area contributed by atoms with Crippen molar-refractivity contribution in [2.45, 2.75) is 289 Å². The van der Waals surface area contributed by atoms with Gasteiger partial charge in [-0.2, -0.15) is 0 Å². The highest BCUT2D eigenvalue weighted by Crippen LogP contribution is 2.75. The lowest BCUT2D eigenvalue weighted by atomic mass is 9.45. The second-order valence-corrected chi connectivity index (χ2v) is 30.5. The zero-order valence-corrected chi connectivity index (χ0v) is 57.4. The number of hydrogen-bond acceptors (Lipinski definition) is 33. The molecule has 0 aromatic rings. The minimum atomic E-state index is -2.14. The van der Waals surface area contributed by atoms with E-state index in [0.717, 1.165) is 6.42 Å². The Morgan fingerprint density at radius 2 is 1.07 bits per heavy atom. The third-order valence-corrected chi connectivity index (χ3v) is 24.1. The van der Waals surface area contributed by atoms with Gasteiger partial charge in [-0.25, -0.2) is 4.79 Å². The van der Waals surface area contributed by atoms with Crippen LogP contribution in [-0.2, 0) is 80.6 Å². The molecule has 7 aliphatic heterocycles. The minimum Gasteiger partial charge on any atom is -0.458 e. The van der Waals surface area contributed by atoms with Crippen molar-refractivity contribution >= 4 is 12.1 Å². The maximum Gasteiger partial charge on any atom is 0.506 e. The van der Waals surface area contributed by atoms with Crippen molar-refractivity contribution in [1.82, 2.24) is 0 Å². The number of hydrogen-bond donors (Lipinski definition) is 16. The van der Waals surface area contributed by atoms with Gasteiger partial charge in [0.25, 0.3) is 0 Å². The lowest BCUT2D eigenvalue weighted by molar-refractivity contribution is -0.396. The highest BCUT2D eigenvalue weighted by atomic mass is 16.8. The largest absolute Gasteiger partial charge is 0.506 e. The third kappa shape index (κ3) is 14.2. The van der Waals surface area contributed by atoms with Crippen LogP contribution in [0, 0.1) is 45.8 Å². The van der Waals surface area contributed by atoms with Crippen LogP contribution in [0.15, 0.2) is 11.6 Å². The van der Waals surface area contributed by atoms with Crippen molar-refractivity contribution in [2.75, 3.05) is 53.9 Å². The quantitative estimate of drug-likeness (QED) is 0.0341. The van der Waals surface area contributed by atoms with Crippen LogP contribution < -0.4 is 0 Å². The van der Waals surface area contributed by atoms with Crippen molar-refractivity contribution < 1.29 is 167 Å². The molecule has 7 heterocycles. The van der Waals surface area contributed by atoms with Crippen LogP contribution in [0.5, 0.6) is 0 Å². The summed E-state index contributed by atoms with van der Waals surface area (Å²) in [6, 6.07) is 0. The first-order valence-corrected chi connectivity index (χ1v) is 35.0. The molecule has 11 rings (SSSR count). The van der Waals surface area contributed by atoms with Crippen LogP contribution in [0.3, 0.4) is 0 Å². The van der Waals surface area contributed by atoms with Gasteiger partial charge in [-0.3, -0.25) is 4.79 Å². The van der Waals surface area contributed by atoms with Crippen LogP contribution in [0.25, 0.3) is 0 Å². The van der Waals surface area contributed by atoms with Crippen molar-refractivity contribution in [3.63, 3.8) is 0 Å². The number of fused-ring (bicyclic) bond motifs is 4. The Labute approximate surface area is 578 Å². The number of carbonyl (C=O) groups excluding carboxylic acids is 1. The molecule has 3 saturated carbocycles. The molecule has 10 fully saturated rings. The van der Waals surface area contributed by atoms with Crippen molar-refractivity contribution in [3.05, 3.63) is 11.6 Å². The van der Waals surface area contributed by atoms with Gasteiger partial charge in [-0.1, -0.05) is 46.3 Å². The molecule has 11 aliphatic rings. The molecule has 37 atom stereocenters. The zero-order chi connectivity index (χ0) is 72.6. The normalized spacial score (nSPS) is 50.5. The van der Waals surface area contributed by atoms with E-state index >= 15 is 0 Å². The monoisotopic (exact) mass is 1440 g/mol. The van der Waals surface area contributed by atoms with Gasteiger partial charge >= 0.3 is 12.1 Å². The van der Waals surface area contributed by atoms with Crippen LogP contribution in [0.1, 0.15) is 99.3 Å². The fourth-order valence-corrected chi connectivity index (χ4v) is 18.9. The number of aliphatic hydroxyl groups is 15. The summed E-state index contributed by atoms with van der Waals surface area (Å²) in [5, 5.41) is 177. The van der Waals surface area contributed by atoms with E-state index in [0.29, 0.717) is 44.9 Å². The fraction of sp³-hybridized carbons (Fsp3) is 0.939. The Balaban J connectivity index is 0.827. The first-order valence-electron chi connectivity index (χ1n) is 35.0. The first-order chi connectivity index (χ1) is 47.4. The molecular formula is C66H106O34. The molecule has 574 valence electrons. The molecule has 1 spiro atoms. The van der Waals surface area contributed by atoms with Gasteiger partial charge in [-0.15, -0.1) is 0 Å². The van der Waals surface area contributed by atoms with Crippen molar-refractivity contribution in [3.8, 4) is 0 Å². The van der Waals surface area contributed by atoms with E-state index in [2.05, 4.69) is 26.8 Å². The summed E-state index contributed by atoms with van der Waals surface area (Å²) in [7, 11) is 2.36. The molecule has 100 heavy (non-hydrogen) atoms. The molecule has 7 saturated heterocycles. The van der Waals surface area contributed by atoms with E-state index in [4.69, 9.17) is 75.8 Å². The molecule has 6 unspecified atom stereocenters. The Morgan fingerprint density at radius 1 is 0.550 bits per heavy atom. The fourth-order valence-electron chi connectivity index (χ4n) is 18.9. The van der Waals surface area contributed by atoms with E-state index < -0.39 is 252 Å². The summed E-state index contributed by atoms with van der Waals surface area (Å²) in [5.74, 6) is -0.114. The van der Waals surface area contributed by atoms with Crippen molar-refractivity contribution in [1.29, 1.82) is 0 Å². The summed E-state index contributed by atoms with van der Waals surface area (Å²) < 4.78 is 94.9. The van der Waals surface area contributed by atoms with Crippen LogP contribution in [-0.4, -0.2) is 338 Å². The maximum absolute atomic E-state index is 14.7. The number of ether oxygens (including phenoxy) is 16. The van der Waals surface area contributed by atoms with Gasteiger partial charge in [0.2, 0.25) is 0 Å². The lowest BCUT2D eigenvalue weighted by Crippen LogP contribution is -2.67. The number of allylic oxidation sites excluding steroid dienone is 2. The topological polar surface area (TPSA) is 506 Å². The molecule has 0 aromatic carbocycles. The SMILES string of the molecule is CO[C@@H]1[C@@H](O)[C@H](O[C@@H]2[C@@H](O)[C@H](O[C@@H]3CO[C@@H](OC4CCC5C6CCC78C(=O)O[C@@](C)(C[C@H](CC(C)C)OC(=O)O)C7CC[C@@]8(C)C6=CCC5C4(C)C)[C@H](O[C@@H]4O[C@H](CO)[C@@H](O[C@@H]5OC[C@@H](O)[C@H](O[C@@H]6O[C@H](CO)[C@@H](O)[C@H](OC)[C@H]6O)[C@H]5O)[C@H](O)[C@H]4O)[C@H]3O)O[C@H](CO)[C@H]2O)O[C@H](CO)[C@H]1O. The van der Waals surface area contributed by atoms with Gasteiger partial charge in [0.15, 0.2) is 37.7 Å². The second kappa shape index (κ2) is 31.3. The number of rotatable bonds is 23. The predicted octanol–water partition coefficient (Wildman–Crippen LogP) is -4.11. The molecule has 0 bridgehead atoms. The number of cyclic esters (lactones) is 1. The number of carboxylic acid groups (broad SMARTS) is 1. The van der Waals surface area contributed by atoms with Gasteiger partial charge < -0.3 is 157 Å². The second-order valence-electron chi connectivity index (χ2n) is 30.5. The minimum absolute atomic E-state index is 0.0138. The smallest absolute Gasteiger partial charge is 0.458 e. The van der Waals surface area contributed by atoms with Crippen LogP contribution in [0.2, 0.25) is 0 Å². The molecule has 4 aliphatic carbocycles.